The molecule has 1 amide bonds. The van der Waals surface area contributed by atoms with E-state index in [1.54, 1.807) is 36.4 Å². The summed E-state index contributed by atoms with van der Waals surface area (Å²) in [6.45, 7) is 0. The molecular formula is C19H15F2N3O. The Morgan fingerprint density at radius 1 is 1.16 bits per heavy atom. The minimum Gasteiger partial charge on any atom is -0.349 e. The Morgan fingerprint density at radius 2 is 1.96 bits per heavy atom. The summed E-state index contributed by atoms with van der Waals surface area (Å²) < 4.78 is 28.0. The van der Waals surface area contributed by atoms with Gasteiger partial charge in [0.2, 0.25) is 0 Å². The fourth-order valence-electron chi connectivity index (χ4n) is 2.63. The van der Waals surface area contributed by atoms with Crippen molar-refractivity contribution < 1.29 is 13.6 Å². The van der Waals surface area contributed by atoms with E-state index in [1.807, 2.05) is 0 Å². The molecule has 1 saturated carbocycles. The topological polar surface area (TPSA) is 57.8 Å². The first-order valence-corrected chi connectivity index (χ1v) is 8.03. The molecule has 1 aliphatic carbocycles. The zero-order chi connectivity index (χ0) is 17.4. The first-order chi connectivity index (χ1) is 12.1. The van der Waals surface area contributed by atoms with Gasteiger partial charge in [0.1, 0.15) is 11.3 Å². The average Bonchev–Trinajstić information content (AvgIpc) is 3.31. The highest BCUT2D eigenvalue weighted by atomic mass is 19.1. The number of aromatic nitrogens is 2. The van der Waals surface area contributed by atoms with Gasteiger partial charge in [0.25, 0.3) is 5.91 Å². The minimum absolute atomic E-state index is 0.149. The van der Waals surface area contributed by atoms with Crippen LogP contribution in [0.3, 0.4) is 0 Å². The molecular weight excluding hydrogens is 324 g/mol. The van der Waals surface area contributed by atoms with Gasteiger partial charge in [0, 0.05) is 22.6 Å². The largest absolute Gasteiger partial charge is 0.349 e. The lowest BCUT2D eigenvalue weighted by Gasteiger charge is -2.04. The number of carbonyl (C=O) groups is 1. The van der Waals surface area contributed by atoms with E-state index in [-0.39, 0.29) is 28.8 Å². The van der Waals surface area contributed by atoms with E-state index in [0.717, 1.165) is 12.8 Å². The molecule has 0 radical (unpaired) electrons. The minimum atomic E-state index is -0.569. The maximum absolute atomic E-state index is 14.3. The average molecular weight is 339 g/mol. The van der Waals surface area contributed by atoms with Gasteiger partial charge < -0.3 is 5.32 Å². The zero-order valence-corrected chi connectivity index (χ0v) is 13.2. The Balaban J connectivity index is 1.70. The molecule has 2 N–H and O–H groups in total. The van der Waals surface area contributed by atoms with Crippen molar-refractivity contribution in [2.75, 3.05) is 0 Å². The van der Waals surface area contributed by atoms with Crippen LogP contribution < -0.4 is 5.32 Å². The van der Waals surface area contributed by atoms with Crippen molar-refractivity contribution in [3.05, 3.63) is 64.9 Å². The highest BCUT2D eigenvalue weighted by Crippen LogP contribution is 2.24. The van der Waals surface area contributed by atoms with Crippen molar-refractivity contribution in [3.8, 4) is 0 Å². The second-order valence-corrected chi connectivity index (χ2v) is 6.09. The zero-order valence-electron chi connectivity index (χ0n) is 13.2. The first kappa shape index (κ1) is 15.5. The summed E-state index contributed by atoms with van der Waals surface area (Å²) in [6, 6.07) is 9.32. The summed E-state index contributed by atoms with van der Waals surface area (Å²) in [5, 5.41) is 10.00. The summed E-state index contributed by atoms with van der Waals surface area (Å²) in [7, 11) is 0. The standard InChI is InChI=1S/C19H15F2N3O/c20-15-4-2-1-3-11(15)5-8-17-14-9-12(19(25)22-13-6-7-13)10-16(21)18(14)24-23-17/h1-5,8-10,13H,6-7H2,(H,22,25)(H,23,24). The van der Waals surface area contributed by atoms with E-state index in [2.05, 4.69) is 15.5 Å². The van der Waals surface area contributed by atoms with Crippen LogP contribution in [0.5, 0.6) is 0 Å². The molecule has 1 aromatic heterocycles. The number of carbonyl (C=O) groups excluding carboxylic acids is 1. The third kappa shape index (κ3) is 3.15. The van der Waals surface area contributed by atoms with Crippen LogP contribution in [0.1, 0.15) is 34.5 Å². The molecule has 0 atom stereocenters. The van der Waals surface area contributed by atoms with Crippen molar-refractivity contribution in [1.29, 1.82) is 0 Å². The molecule has 2 aromatic carbocycles. The normalized spacial score (nSPS) is 14.3. The summed E-state index contributed by atoms with van der Waals surface area (Å²) >= 11 is 0. The monoisotopic (exact) mass is 339 g/mol. The highest BCUT2D eigenvalue weighted by Gasteiger charge is 2.24. The Morgan fingerprint density at radius 3 is 2.72 bits per heavy atom. The van der Waals surface area contributed by atoms with Gasteiger partial charge in [-0.25, -0.2) is 8.78 Å². The lowest BCUT2D eigenvalue weighted by atomic mass is 10.1. The highest BCUT2D eigenvalue weighted by molar-refractivity contribution is 6.00. The van der Waals surface area contributed by atoms with Gasteiger partial charge in [0.15, 0.2) is 5.82 Å². The van der Waals surface area contributed by atoms with Crippen molar-refractivity contribution in [3.63, 3.8) is 0 Å². The number of hydrogen-bond donors (Lipinski definition) is 2. The number of aromatic amines is 1. The van der Waals surface area contributed by atoms with Gasteiger partial charge in [-0.2, -0.15) is 5.10 Å². The van der Waals surface area contributed by atoms with E-state index >= 15 is 0 Å². The van der Waals surface area contributed by atoms with E-state index in [0.29, 0.717) is 16.6 Å². The smallest absolute Gasteiger partial charge is 0.251 e. The molecule has 0 saturated heterocycles. The van der Waals surface area contributed by atoms with Gasteiger partial charge in [-0.05, 0) is 43.2 Å². The number of halogens is 2. The van der Waals surface area contributed by atoms with Crippen LogP contribution in [0.2, 0.25) is 0 Å². The van der Waals surface area contributed by atoms with Gasteiger partial charge >= 0.3 is 0 Å². The van der Waals surface area contributed by atoms with Crippen molar-refractivity contribution in [2.24, 2.45) is 0 Å². The summed E-state index contributed by atoms with van der Waals surface area (Å²) in [4.78, 5) is 12.2. The second-order valence-electron chi connectivity index (χ2n) is 6.09. The number of hydrogen-bond acceptors (Lipinski definition) is 2. The number of amides is 1. The van der Waals surface area contributed by atoms with Crippen LogP contribution in [0.4, 0.5) is 8.78 Å². The molecule has 126 valence electrons. The molecule has 1 aliphatic rings. The molecule has 3 aromatic rings. The SMILES string of the molecule is O=C(NC1CC1)c1cc(F)c2n[nH]c(C=Cc3ccccc3F)c2c1. The molecule has 4 rings (SSSR count). The molecule has 0 spiro atoms. The first-order valence-electron chi connectivity index (χ1n) is 8.03. The maximum Gasteiger partial charge on any atom is 0.251 e. The fraction of sp³-hybridized carbons (Fsp3) is 0.158. The van der Waals surface area contributed by atoms with Gasteiger partial charge in [0.05, 0.1) is 5.69 Å². The summed E-state index contributed by atoms with van der Waals surface area (Å²) in [5.41, 5.74) is 1.32. The predicted octanol–water partition coefficient (Wildman–Crippen LogP) is 3.90. The molecule has 4 nitrogen and oxygen atoms in total. The molecule has 25 heavy (non-hydrogen) atoms. The lowest BCUT2D eigenvalue weighted by molar-refractivity contribution is 0.0951. The second kappa shape index (κ2) is 6.12. The Labute approximate surface area is 142 Å². The summed E-state index contributed by atoms with van der Waals surface area (Å²) in [6.07, 6.45) is 5.12. The predicted molar refractivity (Wildman–Crippen MR) is 91.9 cm³/mol. The third-order valence-corrected chi connectivity index (χ3v) is 4.15. The van der Waals surface area contributed by atoms with Crippen molar-refractivity contribution >= 4 is 29.0 Å². The third-order valence-electron chi connectivity index (χ3n) is 4.15. The van der Waals surface area contributed by atoms with Crippen molar-refractivity contribution in [1.82, 2.24) is 15.5 Å². The van der Waals surface area contributed by atoms with E-state index < -0.39 is 5.82 Å². The van der Waals surface area contributed by atoms with Crippen LogP contribution in [0, 0.1) is 11.6 Å². The quantitative estimate of drug-likeness (QED) is 0.757. The number of fused-ring (bicyclic) bond motifs is 1. The van der Waals surface area contributed by atoms with E-state index in [9.17, 15) is 13.6 Å². The number of rotatable bonds is 4. The molecule has 1 fully saturated rings. The van der Waals surface area contributed by atoms with Gasteiger partial charge in [-0.1, -0.05) is 18.2 Å². The Hall–Kier alpha value is -3.02. The molecule has 1 heterocycles. The lowest BCUT2D eigenvalue weighted by Crippen LogP contribution is -2.25. The number of benzene rings is 2. The van der Waals surface area contributed by atoms with E-state index in [4.69, 9.17) is 0 Å². The van der Waals surface area contributed by atoms with Crippen molar-refractivity contribution in [2.45, 2.75) is 18.9 Å². The van der Waals surface area contributed by atoms with Gasteiger partial charge in [-0.15, -0.1) is 0 Å². The van der Waals surface area contributed by atoms with Crippen LogP contribution in [-0.2, 0) is 0 Å². The molecule has 6 heteroatoms. The number of H-pyrrole nitrogens is 1. The maximum atomic E-state index is 14.3. The van der Waals surface area contributed by atoms with Crippen LogP contribution in [-0.4, -0.2) is 22.1 Å². The fourth-order valence-corrected chi connectivity index (χ4v) is 2.63. The number of nitrogens with zero attached hydrogens (tertiary/aromatic N) is 1. The Bertz CT molecular complexity index is 989. The van der Waals surface area contributed by atoms with Crippen LogP contribution in [0.15, 0.2) is 36.4 Å². The van der Waals surface area contributed by atoms with Crippen LogP contribution >= 0.6 is 0 Å². The molecule has 0 bridgehead atoms. The van der Waals surface area contributed by atoms with Crippen LogP contribution in [0.25, 0.3) is 23.1 Å². The molecule has 0 aliphatic heterocycles. The summed E-state index contributed by atoms with van der Waals surface area (Å²) in [5.74, 6) is -1.22. The van der Waals surface area contributed by atoms with Gasteiger partial charge in [-0.3, -0.25) is 9.89 Å². The molecule has 0 unspecified atom stereocenters. The Kier molecular flexibility index (Phi) is 3.80. The van der Waals surface area contributed by atoms with E-state index in [1.165, 1.54) is 12.1 Å². The number of nitrogens with one attached hydrogen (secondary N) is 2.